The summed E-state index contributed by atoms with van der Waals surface area (Å²) in [6, 6.07) is 0.704. The van der Waals surface area contributed by atoms with E-state index in [-0.39, 0.29) is 12.5 Å². The molecule has 19 heavy (non-hydrogen) atoms. The lowest BCUT2D eigenvalue weighted by molar-refractivity contribution is -0.137. The fourth-order valence-electron chi connectivity index (χ4n) is 2.85. The quantitative estimate of drug-likeness (QED) is 0.781. The summed E-state index contributed by atoms with van der Waals surface area (Å²) < 4.78 is 4.64. The first-order valence-corrected chi connectivity index (χ1v) is 6.88. The molecule has 6 heteroatoms. The molecule has 1 saturated heterocycles. The minimum absolute atomic E-state index is 0.0700. The Morgan fingerprint density at radius 1 is 1.37 bits per heavy atom. The maximum Gasteiger partial charge on any atom is 0.407 e. The Kier molecular flexibility index (Phi) is 4.63. The molecule has 2 fully saturated rings. The fraction of sp³-hybridized carbons (Fsp3) is 0.846. The van der Waals surface area contributed by atoms with Gasteiger partial charge in [-0.25, -0.2) is 4.79 Å². The monoisotopic (exact) mass is 270 g/mol. The Hall–Kier alpha value is -1.30. The molecule has 1 aliphatic carbocycles. The molecule has 1 aliphatic heterocycles. The second-order valence-corrected chi connectivity index (χ2v) is 5.55. The molecule has 0 aromatic heterocycles. The molecule has 1 heterocycles. The molecule has 108 valence electrons. The first-order valence-electron chi connectivity index (χ1n) is 6.88. The summed E-state index contributed by atoms with van der Waals surface area (Å²) >= 11 is 0. The summed E-state index contributed by atoms with van der Waals surface area (Å²) in [4.78, 5) is 24.4. The summed E-state index contributed by atoms with van der Waals surface area (Å²) in [7, 11) is 1.36. The second-order valence-electron chi connectivity index (χ2n) is 5.55. The van der Waals surface area contributed by atoms with Crippen molar-refractivity contribution < 1.29 is 19.4 Å². The van der Waals surface area contributed by atoms with Gasteiger partial charge in [-0.2, -0.15) is 0 Å². The molecule has 2 atom stereocenters. The minimum Gasteiger partial charge on any atom is -0.481 e. The molecular formula is C13H22N2O4. The zero-order valence-corrected chi connectivity index (χ0v) is 11.3. The molecule has 1 amide bonds. The Balaban J connectivity index is 1.88. The molecule has 0 spiro atoms. The zero-order chi connectivity index (χ0) is 13.8. The molecule has 1 saturated carbocycles. The van der Waals surface area contributed by atoms with Crippen LogP contribution >= 0.6 is 0 Å². The molecular weight excluding hydrogens is 248 g/mol. The van der Waals surface area contributed by atoms with Gasteiger partial charge in [0.05, 0.1) is 7.11 Å². The largest absolute Gasteiger partial charge is 0.481 e. The van der Waals surface area contributed by atoms with Gasteiger partial charge < -0.3 is 15.2 Å². The van der Waals surface area contributed by atoms with Crippen LogP contribution in [0.5, 0.6) is 0 Å². The average molecular weight is 270 g/mol. The molecule has 2 aliphatic rings. The van der Waals surface area contributed by atoms with Crippen LogP contribution in [-0.4, -0.2) is 54.4 Å². The van der Waals surface area contributed by atoms with Gasteiger partial charge in [0.15, 0.2) is 0 Å². The summed E-state index contributed by atoms with van der Waals surface area (Å²) in [5, 5.41) is 11.6. The van der Waals surface area contributed by atoms with Crippen molar-refractivity contribution in [3.05, 3.63) is 0 Å². The van der Waals surface area contributed by atoms with Crippen molar-refractivity contribution in [2.45, 2.75) is 44.2 Å². The van der Waals surface area contributed by atoms with Crippen molar-refractivity contribution in [3.63, 3.8) is 0 Å². The number of ether oxygens (including phenoxy) is 1. The molecule has 2 unspecified atom stereocenters. The number of alkyl carbamates (subject to hydrolysis) is 1. The molecule has 0 aromatic rings. The number of hydrogen-bond acceptors (Lipinski definition) is 4. The van der Waals surface area contributed by atoms with Crippen LogP contribution in [0, 0.1) is 5.92 Å². The first-order chi connectivity index (χ1) is 9.08. The van der Waals surface area contributed by atoms with Gasteiger partial charge in [-0.05, 0) is 31.6 Å². The van der Waals surface area contributed by atoms with Crippen molar-refractivity contribution in [2.75, 3.05) is 20.2 Å². The van der Waals surface area contributed by atoms with Gasteiger partial charge in [-0.1, -0.05) is 0 Å². The van der Waals surface area contributed by atoms with E-state index in [9.17, 15) is 9.59 Å². The summed E-state index contributed by atoms with van der Waals surface area (Å²) in [5.41, 5.74) is 0. The van der Waals surface area contributed by atoms with E-state index in [0.29, 0.717) is 18.4 Å². The summed E-state index contributed by atoms with van der Waals surface area (Å²) in [6.07, 6.45) is 3.75. The molecule has 2 N–H and O–H groups in total. The molecule has 0 bridgehead atoms. The van der Waals surface area contributed by atoms with Gasteiger partial charge in [0, 0.05) is 31.6 Å². The standard InChI is InChI=1S/C13H22N2O4/c1-19-13(18)14-10-6-9(2-5-12(16)17)7-15(8-10)11-3-4-11/h9-11H,2-8H2,1H3,(H,14,18)(H,16,17). The maximum atomic E-state index is 11.3. The Labute approximate surface area is 113 Å². The van der Waals surface area contributed by atoms with Crippen LogP contribution in [-0.2, 0) is 9.53 Å². The molecule has 2 rings (SSSR count). The third-order valence-electron chi connectivity index (χ3n) is 3.90. The fourth-order valence-corrected chi connectivity index (χ4v) is 2.85. The van der Waals surface area contributed by atoms with Crippen LogP contribution < -0.4 is 5.32 Å². The number of amides is 1. The van der Waals surface area contributed by atoms with E-state index < -0.39 is 12.1 Å². The SMILES string of the molecule is COC(=O)NC1CC(CCC(=O)O)CN(C2CC2)C1. The topological polar surface area (TPSA) is 78.9 Å². The van der Waals surface area contributed by atoms with Crippen molar-refractivity contribution in [2.24, 2.45) is 5.92 Å². The number of hydrogen-bond donors (Lipinski definition) is 2. The van der Waals surface area contributed by atoms with E-state index in [1.807, 2.05) is 0 Å². The summed E-state index contributed by atoms with van der Waals surface area (Å²) in [6.45, 7) is 1.81. The highest BCUT2D eigenvalue weighted by molar-refractivity contribution is 5.67. The number of carboxylic acids is 1. The number of methoxy groups -OCH3 is 1. The number of nitrogens with one attached hydrogen (secondary N) is 1. The Morgan fingerprint density at radius 3 is 2.68 bits per heavy atom. The van der Waals surface area contributed by atoms with Gasteiger partial charge in [-0.15, -0.1) is 0 Å². The highest BCUT2D eigenvalue weighted by atomic mass is 16.5. The Bertz CT molecular complexity index is 344. The summed E-state index contributed by atoms with van der Waals surface area (Å²) in [5.74, 6) is -0.409. The molecule has 0 aromatic carbocycles. The van der Waals surface area contributed by atoms with Crippen LogP contribution in [0.3, 0.4) is 0 Å². The normalized spacial score (nSPS) is 27.8. The molecule has 6 nitrogen and oxygen atoms in total. The number of piperidine rings is 1. The lowest BCUT2D eigenvalue weighted by Crippen LogP contribution is -2.51. The zero-order valence-electron chi connectivity index (χ0n) is 11.3. The van der Waals surface area contributed by atoms with Crippen molar-refractivity contribution >= 4 is 12.1 Å². The average Bonchev–Trinajstić information content (AvgIpc) is 3.20. The van der Waals surface area contributed by atoms with E-state index in [0.717, 1.165) is 19.5 Å². The van der Waals surface area contributed by atoms with Crippen LogP contribution in [0.15, 0.2) is 0 Å². The minimum atomic E-state index is -0.749. The highest BCUT2D eigenvalue weighted by Crippen LogP contribution is 2.32. The van der Waals surface area contributed by atoms with Crippen LogP contribution in [0.2, 0.25) is 0 Å². The van der Waals surface area contributed by atoms with Crippen molar-refractivity contribution in [1.29, 1.82) is 0 Å². The maximum absolute atomic E-state index is 11.3. The van der Waals surface area contributed by atoms with Gasteiger partial charge in [0.1, 0.15) is 0 Å². The predicted molar refractivity (Wildman–Crippen MR) is 68.9 cm³/mol. The van der Waals surface area contributed by atoms with Gasteiger partial charge in [-0.3, -0.25) is 9.69 Å². The Morgan fingerprint density at radius 2 is 2.11 bits per heavy atom. The van der Waals surface area contributed by atoms with E-state index >= 15 is 0 Å². The third kappa shape index (κ3) is 4.38. The lowest BCUT2D eigenvalue weighted by atomic mass is 9.90. The van der Waals surface area contributed by atoms with E-state index in [1.54, 1.807) is 0 Å². The number of nitrogens with zero attached hydrogens (tertiary/aromatic N) is 1. The smallest absolute Gasteiger partial charge is 0.407 e. The van der Waals surface area contributed by atoms with Crippen LogP contribution in [0.1, 0.15) is 32.1 Å². The number of carbonyl (C=O) groups is 2. The van der Waals surface area contributed by atoms with Gasteiger partial charge >= 0.3 is 12.1 Å². The van der Waals surface area contributed by atoms with Crippen molar-refractivity contribution in [1.82, 2.24) is 10.2 Å². The van der Waals surface area contributed by atoms with E-state index in [4.69, 9.17) is 5.11 Å². The number of carbonyl (C=O) groups excluding carboxylic acids is 1. The van der Waals surface area contributed by atoms with Gasteiger partial charge in [0.25, 0.3) is 0 Å². The highest BCUT2D eigenvalue weighted by Gasteiger charge is 2.36. The number of carboxylic acid groups (broad SMARTS) is 1. The van der Waals surface area contributed by atoms with E-state index in [2.05, 4.69) is 15.0 Å². The molecule has 0 radical (unpaired) electrons. The van der Waals surface area contributed by atoms with Crippen LogP contribution in [0.4, 0.5) is 4.79 Å². The second kappa shape index (κ2) is 6.23. The van der Waals surface area contributed by atoms with Crippen LogP contribution in [0.25, 0.3) is 0 Å². The number of aliphatic carboxylic acids is 1. The number of rotatable bonds is 5. The van der Waals surface area contributed by atoms with Gasteiger partial charge in [0.2, 0.25) is 0 Å². The number of likely N-dealkylation sites (tertiary alicyclic amines) is 1. The lowest BCUT2D eigenvalue weighted by Gasteiger charge is -2.38. The predicted octanol–water partition coefficient (Wildman–Crippen LogP) is 1.06. The van der Waals surface area contributed by atoms with E-state index in [1.165, 1.54) is 20.0 Å². The third-order valence-corrected chi connectivity index (χ3v) is 3.90. The first kappa shape index (κ1) is 14.1. The van der Waals surface area contributed by atoms with Crippen molar-refractivity contribution in [3.8, 4) is 0 Å².